The SMILES string of the molecule is CC(S)n1cc(S[N+](=O)[O-])c(C(=O)OO)n1. The van der Waals surface area contributed by atoms with E-state index < -0.39 is 10.3 Å². The van der Waals surface area contributed by atoms with E-state index in [1.165, 1.54) is 10.9 Å². The summed E-state index contributed by atoms with van der Waals surface area (Å²) in [5.74, 6) is -1.16. The minimum Gasteiger partial charge on any atom is -0.294 e. The molecule has 1 unspecified atom stereocenters. The molecule has 0 saturated heterocycles. The van der Waals surface area contributed by atoms with Crippen LogP contribution in [0.3, 0.4) is 0 Å². The lowest BCUT2D eigenvalue weighted by atomic mass is 10.4. The highest BCUT2D eigenvalue weighted by Gasteiger charge is 2.24. The van der Waals surface area contributed by atoms with Gasteiger partial charge in [0, 0.05) is 6.20 Å². The van der Waals surface area contributed by atoms with Gasteiger partial charge in [0.2, 0.25) is 0 Å². The Morgan fingerprint density at radius 1 is 1.88 bits per heavy atom. The largest absolute Gasteiger partial charge is 0.394 e. The highest BCUT2D eigenvalue weighted by atomic mass is 32.2. The molecular formula is C6H7N3O5S2. The van der Waals surface area contributed by atoms with Crippen molar-refractivity contribution in [1.29, 1.82) is 0 Å². The maximum atomic E-state index is 11.0. The molecule has 0 aromatic carbocycles. The van der Waals surface area contributed by atoms with Gasteiger partial charge in [-0.05, 0) is 6.92 Å². The Morgan fingerprint density at radius 2 is 2.50 bits per heavy atom. The van der Waals surface area contributed by atoms with Crippen molar-refractivity contribution in [3.63, 3.8) is 0 Å². The minimum atomic E-state index is -1.16. The molecule has 1 aromatic rings. The molecule has 0 aliphatic heterocycles. The van der Waals surface area contributed by atoms with Crippen molar-refractivity contribution in [2.24, 2.45) is 0 Å². The van der Waals surface area contributed by atoms with E-state index in [4.69, 9.17) is 5.26 Å². The fourth-order valence-corrected chi connectivity index (χ4v) is 1.54. The average Bonchev–Trinajstić information content (AvgIpc) is 2.59. The first-order valence-corrected chi connectivity index (χ1v) is 5.20. The van der Waals surface area contributed by atoms with E-state index >= 15 is 0 Å². The first-order chi connectivity index (χ1) is 7.45. The summed E-state index contributed by atoms with van der Waals surface area (Å²) in [5.41, 5.74) is -0.329. The van der Waals surface area contributed by atoms with Crippen LogP contribution in [0.15, 0.2) is 11.1 Å². The van der Waals surface area contributed by atoms with E-state index in [0.717, 1.165) is 0 Å². The molecule has 8 nitrogen and oxygen atoms in total. The quantitative estimate of drug-likeness (QED) is 0.277. The molecule has 1 rings (SSSR count). The number of carbonyl (C=O) groups excluding carboxylic acids is 1. The predicted molar refractivity (Wildman–Crippen MR) is 56.8 cm³/mol. The summed E-state index contributed by atoms with van der Waals surface area (Å²) in [6.45, 7) is 1.66. The van der Waals surface area contributed by atoms with Crippen molar-refractivity contribution in [1.82, 2.24) is 9.78 Å². The molecule has 0 spiro atoms. The molecule has 0 amide bonds. The maximum absolute atomic E-state index is 11.0. The smallest absolute Gasteiger partial charge is 0.294 e. The van der Waals surface area contributed by atoms with E-state index in [0.29, 0.717) is 0 Å². The zero-order chi connectivity index (χ0) is 12.3. The number of nitro groups is 1. The lowest BCUT2D eigenvalue weighted by molar-refractivity contribution is -0.284. The topological polar surface area (TPSA) is 107 Å². The van der Waals surface area contributed by atoms with Gasteiger partial charge in [0.05, 0.1) is 5.37 Å². The average molecular weight is 265 g/mol. The van der Waals surface area contributed by atoms with Gasteiger partial charge >= 0.3 is 5.97 Å². The van der Waals surface area contributed by atoms with Crippen molar-refractivity contribution in [3.8, 4) is 0 Å². The second kappa shape index (κ2) is 5.18. The van der Waals surface area contributed by atoms with Crippen LogP contribution in [-0.4, -0.2) is 25.3 Å². The Morgan fingerprint density at radius 3 is 2.94 bits per heavy atom. The minimum absolute atomic E-state index is 0.0232. The second-order valence-electron chi connectivity index (χ2n) is 2.65. The van der Waals surface area contributed by atoms with Crippen LogP contribution in [0.1, 0.15) is 22.8 Å². The summed E-state index contributed by atoms with van der Waals surface area (Å²) in [4.78, 5) is 24.8. The molecule has 88 valence electrons. The number of carbonyl (C=O) groups is 1. The number of nitrogens with zero attached hydrogens (tertiary/aromatic N) is 3. The second-order valence-corrected chi connectivity index (χ2v) is 4.32. The Hall–Kier alpha value is -1.26. The molecule has 0 aliphatic rings. The molecule has 1 heterocycles. The standard InChI is InChI=1S/C6H7N3O5S2/c1-3(15)8-2-4(16-9(11)12)5(7-8)6(10)14-13/h2-3,13,15H,1H3. The first kappa shape index (κ1) is 12.8. The Balaban J connectivity index is 3.12. The van der Waals surface area contributed by atoms with Gasteiger partial charge in [0.25, 0.3) is 11.9 Å². The summed E-state index contributed by atoms with van der Waals surface area (Å²) >= 11 is 4.24. The fourth-order valence-electron chi connectivity index (χ4n) is 0.898. The van der Waals surface area contributed by atoms with Crippen LogP contribution in [0.25, 0.3) is 0 Å². The van der Waals surface area contributed by atoms with Crippen molar-refractivity contribution in [2.45, 2.75) is 17.2 Å². The van der Waals surface area contributed by atoms with Gasteiger partial charge in [0.1, 0.15) is 9.22 Å². The third-order valence-corrected chi connectivity index (χ3v) is 2.41. The molecule has 1 atom stereocenters. The number of rotatable bonds is 4. The molecular weight excluding hydrogens is 258 g/mol. The van der Waals surface area contributed by atoms with E-state index in [1.54, 1.807) is 6.92 Å². The van der Waals surface area contributed by atoms with Crippen LogP contribution in [-0.2, 0) is 4.89 Å². The van der Waals surface area contributed by atoms with Crippen LogP contribution in [0.4, 0.5) is 0 Å². The van der Waals surface area contributed by atoms with Gasteiger partial charge < -0.3 is 0 Å². The van der Waals surface area contributed by atoms with Crippen LogP contribution >= 0.6 is 24.6 Å². The lowest BCUT2D eigenvalue weighted by Crippen LogP contribution is -2.06. The zero-order valence-electron chi connectivity index (χ0n) is 7.93. The van der Waals surface area contributed by atoms with Gasteiger partial charge in [-0.25, -0.2) is 4.79 Å². The monoisotopic (exact) mass is 265 g/mol. The Bertz CT molecular complexity index is 418. The molecule has 16 heavy (non-hydrogen) atoms. The van der Waals surface area contributed by atoms with E-state index in [1.807, 2.05) is 0 Å². The fraction of sp³-hybridized carbons (Fsp3) is 0.333. The number of aromatic nitrogens is 2. The molecule has 1 aromatic heterocycles. The summed E-state index contributed by atoms with van der Waals surface area (Å²) in [5, 5.41) is 21.9. The van der Waals surface area contributed by atoms with Gasteiger partial charge in [-0.1, -0.05) is 0 Å². The van der Waals surface area contributed by atoms with Gasteiger partial charge in [-0.2, -0.15) is 23.0 Å². The molecule has 0 radical (unpaired) electrons. The van der Waals surface area contributed by atoms with Crippen molar-refractivity contribution < 1.29 is 19.3 Å². The summed E-state index contributed by atoms with van der Waals surface area (Å²) in [6, 6.07) is 0. The van der Waals surface area contributed by atoms with Gasteiger partial charge in [0.15, 0.2) is 5.69 Å². The number of hydrogen-bond acceptors (Lipinski definition) is 8. The summed E-state index contributed by atoms with van der Waals surface area (Å²) < 4.78 is 0.542. The van der Waals surface area contributed by atoms with Gasteiger partial charge in [-0.15, -0.1) is 0 Å². The number of hydrogen-bond donors (Lipinski definition) is 2. The van der Waals surface area contributed by atoms with Crippen molar-refractivity contribution >= 4 is 30.5 Å². The normalized spacial score (nSPS) is 12.2. The maximum Gasteiger partial charge on any atom is 0.394 e. The Labute approximate surface area is 99.2 Å². The summed E-state index contributed by atoms with van der Waals surface area (Å²) in [6.07, 6.45) is 1.28. The van der Waals surface area contributed by atoms with E-state index in [-0.39, 0.29) is 27.9 Å². The third kappa shape index (κ3) is 2.87. The first-order valence-electron chi connectivity index (χ1n) is 3.91. The predicted octanol–water partition coefficient (Wildman–Crippen LogP) is 1.25. The highest BCUT2D eigenvalue weighted by Crippen LogP contribution is 2.24. The van der Waals surface area contributed by atoms with Crippen LogP contribution in [0.2, 0.25) is 0 Å². The highest BCUT2D eigenvalue weighted by molar-refractivity contribution is 7.93. The lowest BCUT2D eigenvalue weighted by Gasteiger charge is -2.01. The van der Waals surface area contributed by atoms with Crippen molar-refractivity contribution in [3.05, 3.63) is 22.0 Å². The molecule has 0 bridgehead atoms. The Kier molecular flexibility index (Phi) is 4.15. The molecule has 10 heteroatoms. The van der Waals surface area contributed by atoms with E-state index in [9.17, 15) is 14.9 Å². The van der Waals surface area contributed by atoms with Gasteiger partial charge in [-0.3, -0.25) is 19.7 Å². The van der Waals surface area contributed by atoms with Crippen LogP contribution < -0.4 is 0 Å². The number of thiol groups is 1. The van der Waals surface area contributed by atoms with Crippen molar-refractivity contribution in [2.75, 3.05) is 0 Å². The third-order valence-electron chi connectivity index (χ3n) is 1.53. The zero-order valence-corrected chi connectivity index (χ0v) is 9.64. The van der Waals surface area contributed by atoms with Crippen LogP contribution in [0.5, 0.6) is 0 Å². The molecule has 0 aliphatic carbocycles. The summed E-state index contributed by atoms with van der Waals surface area (Å²) in [7, 11) is 0. The molecule has 0 fully saturated rings. The molecule has 1 N–H and O–H groups in total. The van der Waals surface area contributed by atoms with Crippen LogP contribution in [0, 0.1) is 10.1 Å². The molecule has 0 saturated carbocycles. The van der Waals surface area contributed by atoms with E-state index in [2.05, 4.69) is 22.6 Å².